The average Bonchev–Trinajstić information content (AvgIpc) is 2.91. The van der Waals surface area contributed by atoms with Gasteiger partial charge in [0.15, 0.2) is 0 Å². The van der Waals surface area contributed by atoms with E-state index in [1.165, 1.54) is 12.1 Å². The fourth-order valence-electron chi connectivity index (χ4n) is 2.94. The van der Waals surface area contributed by atoms with Gasteiger partial charge in [0.05, 0.1) is 17.1 Å². The summed E-state index contributed by atoms with van der Waals surface area (Å²) in [5, 5.41) is 1.21. The van der Waals surface area contributed by atoms with Crippen LogP contribution in [0.3, 0.4) is 0 Å². The highest BCUT2D eigenvalue weighted by Crippen LogP contribution is 2.28. The summed E-state index contributed by atoms with van der Waals surface area (Å²) in [6.07, 6.45) is 0. The lowest BCUT2D eigenvalue weighted by atomic mass is 10.1. The second-order valence-corrected chi connectivity index (χ2v) is 6.73. The number of hydrogen-bond acceptors (Lipinski definition) is 3. The Hall–Kier alpha value is -2.79. The zero-order valence-corrected chi connectivity index (χ0v) is 15.6. The molecule has 6 heteroatoms. The van der Waals surface area contributed by atoms with Gasteiger partial charge >= 0.3 is 0 Å². The van der Waals surface area contributed by atoms with E-state index in [2.05, 4.69) is 0 Å². The van der Waals surface area contributed by atoms with E-state index in [9.17, 15) is 9.59 Å². The highest BCUT2D eigenvalue weighted by molar-refractivity contribution is 6.34. The summed E-state index contributed by atoms with van der Waals surface area (Å²) >= 11 is 6.04. The number of fused-ring (bicyclic) bond motifs is 1. The Bertz CT molecular complexity index is 1020. The van der Waals surface area contributed by atoms with Crippen LogP contribution in [0.4, 0.5) is 0 Å². The first-order valence-electron chi connectivity index (χ1n) is 8.12. The van der Waals surface area contributed by atoms with E-state index < -0.39 is 5.91 Å². The Balaban J connectivity index is 1.86. The summed E-state index contributed by atoms with van der Waals surface area (Å²) in [5.41, 5.74) is 8.73. The van der Waals surface area contributed by atoms with E-state index >= 15 is 0 Å². The molecule has 134 valence electrons. The summed E-state index contributed by atoms with van der Waals surface area (Å²) in [6, 6.07) is 10.4. The number of amides is 2. The second kappa shape index (κ2) is 6.84. The minimum Gasteiger partial charge on any atom is -0.459 e. The summed E-state index contributed by atoms with van der Waals surface area (Å²) in [6.45, 7) is 4.30. The number of nitrogens with two attached hydrogens (primary N) is 1. The van der Waals surface area contributed by atoms with Crippen molar-refractivity contribution in [2.24, 2.45) is 5.73 Å². The first-order valence-corrected chi connectivity index (χ1v) is 8.49. The smallest absolute Gasteiger partial charge is 0.254 e. The van der Waals surface area contributed by atoms with E-state index in [4.69, 9.17) is 21.8 Å². The number of aryl methyl sites for hydroxylation is 2. The zero-order chi connectivity index (χ0) is 19.0. The maximum Gasteiger partial charge on any atom is 0.254 e. The summed E-state index contributed by atoms with van der Waals surface area (Å²) in [4.78, 5) is 25.5. The molecule has 0 saturated heterocycles. The molecule has 2 aromatic carbocycles. The first kappa shape index (κ1) is 18.0. The molecular weight excluding hydrogens is 352 g/mol. The summed E-state index contributed by atoms with van der Waals surface area (Å²) in [5.74, 6) is -0.111. The van der Waals surface area contributed by atoms with Gasteiger partial charge in [-0.15, -0.1) is 0 Å². The van der Waals surface area contributed by atoms with E-state index in [0.29, 0.717) is 12.1 Å². The molecule has 0 unspecified atom stereocenters. The molecule has 5 nitrogen and oxygen atoms in total. The molecule has 26 heavy (non-hydrogen) atoms. The molecule has 0 aliphatic heterocycles. The van der Waals surface area contributed by atoms with Crippen molar-refractivity contribution in [2.75, 3.05) is 7.05 Å². The van der Waals surface area contributed by atoms with Crippen molar-refractivity contribution in [2.45, 2.75) is 20.4 Å². The third-order valence-electron chi connectivity index (χ3n) is 4.47. The predicted molar refractivity (Wildman–Crippen MR) is 101 cm³/mol. The van der Waals surface area contributed by atoms with Crippen LogP contribution in [0.2, 0.25) is 5.02 Å². The maximum atomic E-state index is 12.7. The van der Waals surface area contributed by atoms with Gasteiger partial charge in [-0.05, 0) is 37.6 Å². The van der Waals surface area contributed by atoms with Crippen molar-refractivity contribution < 1.29 is 14.0 Å². The molecule has 2 N–H and O–H groups in total. The average molecular weight is 371 g/mol. The third kappa shape index (κ3) is 3.18. The van der Waals surface area contributed by atoms with Gasteiger partial charge in [-0.3, -0.25) is 9.59 Å². The molecule has 0 aliphatic rings. The van der Waals surface area contributed by atoms with Crippen LogP contribution in [0, 0.1) is 13.8 Å². The molecule has 0 bridgehead atoms. The largest absolute Gasteiger partial charge is 0.459 e. The summed E-state index contributed by atoms with van der Waals surface area (Å²) < 4.78 is 5.98. The zero-order valence-electron chi connectivity index (χ0n) is 14.8. The number of rotatable bonds is 4. The number of furan rings is 1. The number of benzene rings is 2. The van der Waals surface area contributed by atoms with Gasteiger partial charge in [-0.2, -0.15) is 0 Å². The standard InChI is InChI=1S/C20H19ClN2O3/c1-11-5-4-6-14-12(2)17(26-18(11)14)10-23(3)20(25)13-7-8-15(19(22)24)16(21)9-13/h4-9H,10H2,1-3H3,(H2,22,24). The lowest BCUT2D eigenvalue weighted by Gasteiger charge is -2.17. The van der Waals surface area contributed by atoms with Gasteiger partial charge in [-0.1, -0.05) is 29.8 Å². The normalized spacial score (nSPS) is 10.9. The molecule has 2 amide bonds. The van der Waals surface area contributed by atoms with Crippen LogP contribution in [0.15, 0.2) is 40.8 Å². The molecule has 1 heterocycles. The number of halogens is 1. The Kier molecular flexibility index (Phi) is 4.74. The number of hydrogen-bond donors (Lipinski definition) is 1. The molecular formula is C20H19ClN2O3. The molecule has 0 saturated carbocycles. The predicted octanol–water partition coefficient (Wildman–Crippen LogP) is 4.07. The van der Waals surface area contributed by atoms with Crippen LogP contribution in [0.5, 0.6) is 0 Å². The van der Waals surface area contributed by atoms with Crippen molar-refractivity contribution in [3.05, 3.63) is 69.4 Å². The molecule has 0 aliphatic carbocycles. The molecule has 1 aromatic heterocycles. The lowest BCUT2D eigenvalue weighted by Crippen LogP contribution is -2.26. The van der Waals surface area contributed by atoms with Gasteiger partial charge < -0.3 is 15.1 Å². The minimum atomic E-state index is -0.629. The number of para-hydroxylation sites is 1. The van der Waals surface area contributed by atoms with Crippen LogP contribution in [0.1, 0.15) is 37.6 Å². The van der Waals surface area contributed by atoms with Crippen LogP contribution >= 0.6 is 11.6 Å². The van der Waals surface area contributed by atoms with Crippen LogP contribution in [0.25, 0.3) is 11.0 Å². The Labute approximate surface area is 156 Å². The number of carbonyl (C=O) groups excluding carboxylic acids is 2. The Morgan fingerprint density at radius 2 is 1.92 bits per heavy atom. The topological polar surface area (TPSA) is 76.5 Å². The minimum absolute atomic E-state index is 0.160. The molecule has 0 fully saturated rings. The summed E-state index contributed by atoms with van der Waals surface area (Å²) in [7, 11) is 1.69. The van der Waals surface area contributed by atoms with Crippen molar-refractivity contribution in [1.29, 1.82) is 0 Å². The van der Waals surface area contributed by atoms with Crippen molar-refractivity contribution >= 4 is 34.4 Å². The van der Waals surface area contributed by atoms with Crippen LogP contribution in [-0.4, -0.2) is 23.8 Å². The quantitative estimate of drug-likeness (QED) is 0.751. The van der Waals surface area contributed by atoms with E-state index in [-0.39, 0.29) is 16.5 Å². The highest BCUT2D eigenvalue weighted by atomic mass is 35.5. The van der Waals surface area contributed by atoms with Gasteiger partial charge in [0.25, 0.3) is 5.91 Å². The van der Waals surface area contributed by atoms with Crippen LogP contribution in [-0.2, 0) is 6.54 Å². The van der Waals surface area contributed by atoms with Gasteiger partial charge in [-0.25, -0.2) is 0 Å². The molecule has 3 aromatic rings. The SMILES string of the molecule is Cc1c(CN(C)C(=O)c2ccc(C(N)=O)c(Cl)c2)oc2c(C)cccc12. The third-order valence-corrected chi connectivity index (χ3v) is 4.78. The Morgan fingerprint density at radius 3 is 2.54 bits per heavy atom. The van der Waals surface area contributed by atoms with Crippen LogP contribution < -0.4 is 5.73 Å². The number of primary amides is 1. The number of carbonyl (C=O) groups is 2. The molecule has 0 spiro atoms. The number of nitrogens with zero attached hydrogens (tertiary/aromatic N) is 1. The fourth-order valence-corrected chi connectivity index (χ4v) is 3.21. The second-order valence-electron chi connectivity index (χ2n) is 6.32. The van der Waals surface area contributed by atoms with Crippen molar-refractivity contribution in [3.8, 4) is 0 Å². The van der Waals surface area contributed by atoms with E-state index in [0.717, 1.165) is 27.9 Å². The van der Waals surface area contributed by atoms with Gasteiger partial charge in [0.1, 0.15) is 11.3 Å². The fraction of sp³-hybridized carbons (Fsp3) is 0.200. The van der Waals surface area contributed by atoms with Crippen molar-refractivity contribution in [1.82, 2.24) is 4.90 Å². The van der Waals surface area contributed by atoms with Crippen molar-refractivity contribution in [3.63, 3.8) is 0 Å². The monoisotopic (exact) mass is 370 g/mol. The van der Waals surface area contributed by atoms with Gasteiger partial charge in [0, 0.05) is 23.6 Å². The molecule has 0 atom stereocenters. The molecule has 0 radical (unpaired) electrons. The van der Waals surface area contributed by atoms with Gasteiger partial charge in [0.2, 0.25) is 5.91 Å². The molecule has 3 rings (SSSR count). The highest BCUT2D eigenvalue weighted by Gasteiger charge is 2.19. The maximum absolute atomic E-state index is 12.7. The first-order chi connectivity index (χ1) is 12.3. The van der Waals surface area contributed by atoms with E-state index in [1.54, 1.807) is 18.0 Å². The Morgan fingerprint density at radius 1 is 1.19 bits per heavy atom. The van der Waals surface area contributed by atoms with E-state index in [1.807, 2.05) is 32.0 Å². The lowest BCUT2D eigenvalue weighted by molar-refractivity contribution is 0.0775.